The first-order valence-corrected chi connectivity index (χ1v) is 13.2. The van der Waals surface area contributed by atoms with Crippen molar-refractivity contribution in [1.82, 2.24) is 9.80 Å². The summed E-state index contributed by atoms with van der Waals surface area (Å²) in [4.78, 5) is 5.09. The van der Waals surface area contributed by atoms with Crippen molar-refractivity contribution in [2.24, 2.45) is 0 Å². The molecule has 178 valence electrons. The lowest BCUT2D eigenvalue weighted by Crippen LogP contribution is -2.45. The van der Waals surface area contributed by atoms with Crippen LogP contribution in [0.15, 0.2) is 97.5 Å². The molecule has 0 saturated carbocycles. The van der Waals surface area contributed by atoms with Crippen molar-refractivity contribution in [3.63, 3.8) is 0 Å². The van der Waals surface area contributed by atoms with E-state index in [2.05, 4.69) is 93.5 Å². The maximum Gasteiger partial charge on any atom is 0.222 e. The predicted octanol–water partition coefficient (Wildman–Crippen LogP) is 6.42. The monoisotopic (exact) mass is 482 g/mol. The Morgan fingerprint density at radius 3 is 2.68 bits per heavy atom. The van der Waals surface area contributed by atoms with Gasteiger partial charge >= 0.3 is 0 Å². The summed E-state index contributed by atoms with van der Waals surface area (Å²) in [6.45, 7) is 1.05. The summed E-state index contributed by atoms with van der Waals surface area (Å²) in [7, 11) is 0. The molecule has 9 rings (SSSR count). The molecule has 5 aromatic rings. The molecule has 3 unspecified atom stereocenters. The van der Waals surface area contributed by atoms with Gasteiger partial charge in [-0.1, -0.05) is 60.7 Å². The lowest BCUT2D eigenvalue weighted by molar-refractivity contribution is -0.524. The van der Waals surface area contributed by atoms with E-state index in [4.69, 9.17) is 0 Å². The van der Waals surface area contributed by atoms with Crippen LogP contribution in [0.1, 0.15) is 46.1 Å². The SMILES string of the molecule is Fc1cccc2c3c([n+]4ccc(-c5ccccc5)cc4c12)C1C(C3)c2cccc3c2C2N(C=CN12)CC3. The minimum atomic E-state index is -0.149. The molecule has 2 aromatic heterocycles. The Morgan fingerprint density at radius 2 is 1.76 bits per heavy atom. The van der Waals surface area contributed by atoms with Crippen LogP contribution < -0.4 is 4.40 Å². The van der Waals surface area contributed by atoms with Crippen molar-refractivity contribution in [2.75, 3.05) is 6.54 Å². The van der Waals surface area contributed by atoms with Gasteiger partial charge in [0, 0.05) is 53.5 Å². The zero-order chi connectivity index (χ0) is 24.2. The van der Waals surface area contributed by atoms with E-state index < -0.39 is 0 Å². The first kappa shape index (κ1) is 19.9. The number of halogens is 1. The molecule has 0 saturated heterocycles. The summed E-state index contributed by atoms with van der Waals surface area (Å²) in [5.41, 5.74) is 10.3. The van der Waals surface area contributed by atoms with E-state index in [-0.39, 0.29) is 18.0 Å². The minimum absolute atomic E-state index is 0.149. The van der Waals surface area contributed by atoms with E-state index in [1.165, 1.54) is 27.9 Å². The van der Waals surface area contributed by atoms with Crippen LogP contribution in [0.25, 0.3) is 27.4 Å². The van der Waals surface area contributed by atoms with E-state index in [1.807, 2.05) is 12.1 Å². The number of hydrogen-bond donors (Lipinski definition) is 0. The largest absolute Gasteiger partial charge is 0.352 e. The smallest absolute Gasteiger partial charge is 0.222 e. The van der Waals surface area contributed by atoms with Crippen molar-refractivity contribution < 1.29 is 8.79 Å². The molecule has 3 atom stereocenters. The van der Waals surface area contributed by atoms with Gasteiger partial charge in [0.1, 0.15) is 18.0 Å². The van der Waals surface area contributed by atoms with Gasteiger partial charge in [-0.15, -0.1) is 0 Å². The summed E-state index contributed by atoms with van der Waals surface area (Å²) < 4.78 is 17.9. The fraction of sp³-hybridized carbons (Fsp3) is 0.182. The Kier molecular flexibility index (Phi) is 3.76. The van der Waals surface area contributed by atoms with Crippen LogP contribution in [0.5, 0.6) is 0 Å². The number of nitrogens with zero attached hydrogens (tertiary/aromatic N) is 3. The molecule has 1 aliphatic carbocycles. The molecule has 4 heteroatoms. The molecular weight excluding hydrogens is 457 g/mol. The van der Waals surface area contributed by atoms with Gasteiger partial charge in [0.25, 0.3) is 0 Å². The third-order valence-corrected chi connectivity index (χ3v) is 9.19. The highest BCUT2D eigenvalue weighted by atomic mass is 19.1. The Balaban J connectivity index is 1.37. The average Bonchev–Trinajstić information content (AvgIpc) is 3.56. The highest BCUT2D eigenvalue weighted by Gasteiger charge is 2.53. The molecule has 0 N–H and O–H groups in total. The van der Waals surface area contributed by atoms with Crippen LogP contribution in [-0.2, 0) is 12.8 Å². The van der Waals surface area contributed by atoms with Crippen LogP contribution in [0.2, 0.25) is 0 Å². The minimum Gasteiger partial charge on any atom is -0.352 e. The summed E-state index contributed by atoms with van der Waals surface area (Å²) >= 11 is 0. The zero-order valence-electron chi connectivity index (χ0n) is 20.3. The van der Waals surface area contributed by atoms with Gasteiger partial charge < -0.3 is 9.80 Å². The number of hydrogen-bond acceptors (Lipinski definition) is 2. The average molecular weight is 483 g/mol. The second kappa shape index (κ2) is 6.98. The molecule has 4 aliphatic rings. The van der Waals surface area contributed by atoms with Crippen molar-refractivity contribution in [3.05, 3.63) is 131 Å². The van der Waals surface area contributed by atoms with Crippen LogP contribution in [0.3, 0.4) is 0 Å². The Labute approximate surface area is 214 Å². The second-order valence-corrected chi connectivity index (χ2v) is 10.8. The molecule has 5 heterocycles. The molecule has 0 radical (unpaired) electrons. The molecule has 0 fully saturated rings. The predicted molar refractivity (Wildman–Crippen MR) is 142 cm³/mol. The molecule has 3 aromatic carbocycles. The molecule has 3 nitrogen and oxygen atoms in total. The van der Waals surface area contributed by atoms with Gasteiger partial charge in [-0.3, -0.25) is 0 Å². The topological polar surface area (TPSA) is 10.6 Å². The number of pyridine rings is 2. The summed E-state index contributed by atoms with van der Waals surface area (Å²) in [5.74, 6) is 0.200. The molecule has 37 heavy (non-hydrogen) atoms. The summed E-state index contributed by atoms with van der Waals surface area (Å²) in [5, 5.41) is 1.78. The lowest BCUT2D eigenvalue weighted by atomic mass is 9.79. The van der Waals surface area contributed by atoms with Crippen LogP contribution >= 0.6 is 0 Å². The Morgan fingerprint density at radius 1 is 0.865 bits per heavy atom. The van der Waals surface area contributed by atoms with E-state index in [0.717, 1.165) is 46.8 Å². The van der Waals surface area contributed by atoms with E-state index in [0.29, 0.717) is 5.92 Å². The standard InChI is InChI=1S/C33H25FN3/c34-27-11-5-10-24-26-19-25-23-9-4-8-21-12-14-35-16-17-37(33(35)29(21)23)32(25)31(26)36-15-13-22(18-28(36)30(24)27)20-6-2-1-3-7-20/h1-11,13,15-18,25,32-33H,12,14,19H2/q+1. The Bertz CT molecular complexity index is 1810. The number of rotatable bonds is 1. The second-order valence-electron chi connectivity index (χ2n) is 10.8. The van der Waals surface area contributed by atoms with E-state index >= 15 is 4.39 Å². The van der Waals surface area contributed by atoms with Crippen molar-refractivity contribution >= 4 is 16.3 Å². The van der Waals surface area contributed by atoms with Crippen LogP contribution in [0.4, 0.5) is 4.39 Å². The summed E-state index contributed by atoms with van der Waals surface area (Å²) in [6, 6.07) is 27.5. The quantitative estimate of drug-likeness (QED) is 0.202. The normalized spacial score (nSPS) is 22.5. The maximum absolute atomic E-state index is 15.6. The molecule has 0 spiro atoms. The fourth-order valence-corrected chi connectivity index (χ4v) is 7.71. The van der Waals surface area contributed by atoms with Gasteiger partial charge in [0.2, 0.25) is 11.2 Å². The van der Waals surface area contributed by atoms with Gasteiger partial charge in [0.05, 0.1) is 5.39 Å². The van der Waals surface area contributed by atoms with Gasteiger partial charge in [-0.05, 0) is 41.2 Å². The van der Waals surface area contributed by atoms with Crippen LogP contribution in [0, 0.1) is 5.82 Å². The van der Waals surface area contributed by atoms with Crippen molar-refractivity contribution in [3.8, 4) is 11.1 Å². The number of aromatic nitrogens is 1. The third kappa shape index (κ3) is 2.48. The highest BCUT2D eigenvalue weighted by molar-refractivity contribution is 5.98. The maximum atomic E-state index is 15.6. The van der Waals surface area contributed by atoms with Crippen molar-refractivity contribution in [1.29, 1.82) is 0 Å². The molecule has 0 bridgehead atoms. The van der Waals surface area contributed by atoms with Gasteiger partial charge in [-0.25, -0.2) is 4.39 Å². The first-order chi connectivity index (χ1) is 18.3. The van der Waals surface area contributed by atoms with Gasteiger partial charge in [-0.2, -0.15) is 4.40 Å². The Hall–Kier alpha value is -4.18. The van der Waals surface area contributed by atoms with Crippen molar-refractivity contribution in [2.45, 2.75) is 31.0 Å². The van der Waals surface area contributed by atoms with E-state index in [1.54, 1.807) is 6.07 Å². The van der Waals surface area contributed by atoms with Crippen LogP contribution in [-0.4, -0.2) is 16.3 Å². The number of benzene rings is 3. The highest BCUT2D eigenvalue weighted by Crippen LogP contribution is 2.58. The fourth-order valence-electron chi connectivity index (χ4n) is 7.71. The van der Waals surface area contributed by atoms with Gasteiger partial charge in [0.15, 0.2) is 6.20 Å². The summed E-state index contributed by atoms with van der Waals surface area (Å²) in [6.07, 6.45) is 9.05. The zero-order valence-corrected chi connectivity index (χ0v) is 20.3. The molecule has 0 amide bonds. The number of fused-ring (bicyclic) bond motifs is 10. The molecule has 3 aliphatic heterocycles. The van der Waals surface area contributed by atoms with E-state index in [9.17, 15) is 0 Å². The molecular formula is C33H25FN3+. The third-order valence-electron chi connectivity index (χ3n) is 9.19. The lowest BCUT2D eigenvalue weighted by Gasteiger charge is -2.46. The first-order valence-electron chi connectivity index (χ1n) is 13.2.